The molecule has 0 bridgehead atoms. The highest BCUT2D eigenvalue weighted by molar-refractivity contribution is 6.74. The van der Waals surface area contributed by atoms with Gasteiger partial charge in [0.25, 0.3) is 5.91 Å². The molecule has 1 aliphatic carbocycles. The molecule has 1 fully saturated rings. The molecule has 27 heavy (non-hydrogen) atoms. The molecule has 1 amide bonds. The lowest BCUT2D eigenvalue weighted by molar-refractivity contribution is 0.0954. The summed E-state index contributed by atoms with van der Waals surface area (Å²) in [6.45, 7) is 12.3. The number of benzene rings is 1. The van der Waals surface area contributed by atoms with E-state index in [1.165, 1.54) is 12.8 Å². The molecule has 0 heterocycles. The molecule has 0 saturated heterocycles. The topological polar surface area (TPSA) is 50.7 Å². The fourth-order valence-electron chi connectivity index (χ4n) is 3.17. The van der Waals surface area contributed by atoms with E-state index >= 15 is 0 Å². The molecule has 1 atom stereocenters. The van der Waals surface area contributed by atoms with E-state index in [0.29, 0.717) is 11.5 Å². The van der Waals surface area contributed by atoms with Crippen molar-refractivity contribution in [1.82, 2.24) is 5.43 Å². The van der Waals surface area contributed by atoms with Crippen molar-refractivity contribution in [2.75, 3.05) is 6.61 Å². The lowest BCUT2D eigenvalue weighted by atomic mass is 9.99. The molecular weight excluding hydrogens is 352 g/mol. The number of hydrogen-bond acceptors (Lipinski definition) is 3. The highest BCUT2D eigenvalue weighted by Gasteiger charge is 2.36. The van der Waals surface area contributed by atoms with Gasteiger partial charge in [0.2, 0.25) is 0 Å². The first-order valence-electron chi connectivity index (χ1n) is 10.3. The second-order valence-corrected chi connectivity index (χ2v) is 13.9. The van der Waals surface area contributed by atoms with Gasteiger partial charge in [0, 0.05) is 17.9 Å². The zero-order chi connectivity index (χ0) is 19.9. The highest BCUT2D eigenvalue weighted by atomic mass is 28.4. The van der Waals surface area contributed by atoms with Gasteiger partial charge in [-0.25, -0.2) is 5.43 Å². The van der Waals surface area contributed by atoms with Crippen molar-refractivity contribution in [3.8, 4) is 0 Å². The third kappa shape index (κ3) is 6.57. The van der Waals surface area contributed by atoms with Gasteiger partial charge in [0.15, 0.2) is 8.32 Å². The second kappa shape index (κ2) is 9.65. The molecule has 4 nitrogen and oxygen atoms in total. The molecule has 0 aromatic heterocycles. The van der Waals surface area contributed by atoms with Crippen molar-refractivity contribution in [3.05, 3.63) is 35.9 Å². The average Bonchev–Trinajstić information content (AvgIpc) is 3.06. The molecular formula is C22H36N2O2Si. The van der Waals surface area contributed by atoms with Crippen molar-refractivity contribution in [2.45, 2.75) is 77.4 Å². The smallest absolute Gasteiger partial charge is 0.271 e. The van der Waals surface area contributed by atoms with Crippen molar-refractivity contribution < 1.29 is 9.22 Å². The third-order valence-corrected chi connectivity index (χ3v) is 10.5. The number of amides is 1. The van der Waals surface area contributed by atoms with Crippen LogP contribution in [-0.2, 0) is 4.43 Å². The normalized spacial score (nSPS) is 19.4. The van der Waals surface area contributed by atoms with Crippen LogP contribution in [0.5, 0.6) is 0 Å². The van der Waals surface area contributed by atoms with Gasteiger partial charge in [-0.2, -0.15) is 5.10 Å². The lowest BCUT2D eigenvalue weighted by Crippen LogP contribution is -2.40. The number of unbranched alkanes of at least 4 members (excludes halogenated alkanes) is 1. The minimum absolute atomic E-state index is 0.128. The Morgan fingerprint density at radius 2 is 1.93 bits per heavy atom. The molecule has 1 unspecified atom stereocenters. The zero-order valence-corrected chi connectivity index (χ0v) is 18.7. The van der Waals surface area contributed by atoms with Crippen LogP contribution >= 0.6 is 0 Å². The number of carbonyl (C=O) groups excluding carboxylic acids is 1. The van der Waals surface area contributed by atoms with Crippen LogP contribution in [0.1, 0.15) is 69.7 Å². The van der Waals surface area contributed by atoms with Crippen LogP contribution in [0.25, 0.3) is 0 Å². The van der Waals surface area contributed by atoms with E-state index in [1.54, 1.807) is 0 Å². The fraction of sp³-hybridized carbons (Fsp3) is 0.636. The van der Waals surface area contributed by atoms with E-state index in [9.17, 15) is 4.79 Å². The minimum atomic E-state index is -1.63. The maximum Gasteiger partial charge on any atom is 0.271 e. The largest absolute Gasteiger partial charge is 0.417 e. The Bertz CT molecular complexity index is 635. The number of hydrogen-bond donors (Lipinski definition) is 1. The van der Waals surface area contributed by atoms with E-state index in [1.807, 2.05) is 30.3 Å². The molecule has 0 spiro atoms. The molecule has 1 saturated carbocycles. The SMILES string of the molecule is CC(C)(C)[Si](C)(C)OCCCCC1CCC/C1=N\NC(=O)c1ccccc1. The summed E-state index contributed by atoms with van der Waals surface area (Å²) in [6.07, 6.45) is 6.76. The van der Waals surface area contributed by atoms with Crippen LogP contribution in [0.2, 0.25) is 18.1 Å². The number of nitrogens with one attached hydrogen (secondary N) is 1. The molecule has 2 rings (SSSR count). The van der Waals surface area contributed by atoms with Crippen molar-refractivity contribution in [2.24, 2.45) is 11.0 Å². The maximum atomic E-state index is 12.2. The van der Waals surface area contributed by atoms with Crippen LogP contribution in [0.15, 0.2) is 35.4 Å². The Balaban J connectivity index is 1.74. The predicted octanol–water partition coefficient (Wildman–Crippen LogP) is 5.76. The van der Waals surface area contributed by atoms with Gasteiger partial charge in [-0.3, -0.25) is 4.79 Å². The first kappa shape index (κ1) is 21.8. The molecule has 1 aliphatic rings. The van der Waals surface area contributed by atoms with E-state index < -0.39 is 8.32 Å². The fourth-order valence-corrected chi connectivity index (χ4v) is 4.26. The van der Waals surface area contributed by atoms with Gasteiger partial charge in [0.1, 0.15) is 0 Å². The summed E-state index contributed by atoms with van der Waals surface area (Å²) < 4.78 is 6.27. The maximum absolute atomic E-state index is 12.2. The highest BCUT2D eigenvalue weighted by Crippen LogP contribution is 2.36. The third-order valence-electron chi connectivity index (χ3n) is 6.01. The van der Waals surface area contributed by atoms with Gasteiger partial charge in [-0.15, -0.1) is 0 Å². The van der Waals surface area contributed by atoms with Crippen molar-refractivity contribution in [1.29, 1.82) is 0 Å². The lowest BCUT2D eigenvalue weighted by Gasteiger charge is -2.36. The van der Waals surface area contributed by atoms with Gasteiger partial charge in [-0.1, -0.05) is 45.4 Å². The summed E-state index contributed by atoms with van der Waals surface area (Å²) in [6, 6.07) is 9.26. The summed E-state index contributed by atoms with van der Waals surface area (Å²) in [5.41, 5.74) is 4.55. The Labute approximate surface area is 165 Å². The summed E-state index contributed by atoms with van der Waals surface area (Å²) in [5, 5.41) is 4.72. The molecule has 150 valence electrons. The van der Waals surface area contributed by atoms with Crippen LogP contribution in [-0.4, -0.2) is 26.5 Å². The summed E-state index contributed by atoms with van der Waals surface area (Å²) >= 11 is 0. The van der Waals surface area contributed by atoms with Crippen LogP contribution in [0.3, 0.4) is 0 Å². The molecule has 0 radical (unpaired) electrons. The van der Waals surface area contributed by atoms with E-state index in [2.05, 4.69) is 44.4 Å². The minimum Gasteiger partial charge on any atom is -0.417 e. The second-order valence-electron chi connectivity index (χ2n) is 9.10. The Morgan fingerprint density at radius 1 is 1.22 bits per heavy atom. The van der Waals surface area contributed by atoms with Gasteiger partial charge in [-0.05, 0) is 68.3 Å². The number of carbonyl (C=O) groups is 1. The van der Waals surface area contributed by atoms with E-state index in [-0.39, 0.29) is 10.9 Å². The molecule has 5 heteroatoms. The summed E-state index contributed by atoms with van der Waals surface area (Å²) in [5.74, 6) is 0.380. The number of rotatable bonds is 8. The molecule has 1 aromatic carbocycles. The van der Waals surface area contributed by atoms with E-state index in [4.69, 9.17) is 4.43 Å². The van der Waals surface area contributed by atoms with Crippen LogP contribution < -0.4 is 5.43 Å². The van der Waals surface area contributed by atoms with Crippen molar-refractivity contribution in [3.63, 3.8) is 0 Å². The quantitative estimate of drug-likeness (QED) is 0.349. The van der Waals surface area contributed by atoms with Gasteiger partial charge < -0.3 is 4.43 Å². The van der Waals surface area contributed by atoms with Crippen LogP contribution in [0.4, 0.5) is 0 Å². The summed E-state index contributed by atoms with van der Waals surface area (Å²) in [4.78, 5) is 12.2. The molecule has 0 aliphatic heterocycles. The molecule has 1 aromatic rings. The Hall–Kier alpha value is -1.46. The molecule has 1 N–H and O–H groups in total. The summed E-state index contributed by atoms with van der Waals surface area (Å²) in [7, 11) is -1.63. The monoisotopic (exact) mass is 388 g/mol. The number of nitrogens with zero attached hydrogens (tertiary/aromatic N) is 1. The van der Waals surface area contributed by atoms with E-state index in [0.717, 1.165) is 38.0 Å². The average molecular weight is 389 g/mol. The van der Waals surface area contributed by atoms with Crippen molar-refractivity contribution >= 4 is 19.9 Å². The Morgan fingerprint density at radius 3 is 2.59 bits per heavy atom. The van der Waals surface area contributed by atoms with Gasteiger partial charge >= 0.3 is 0 Å². The first-order valence-corrected chi connectivity index (χ1v) is 13.2. The zero-order valence-electron chi connectivity index (χ0n) is 17.7. The first-order chi connectivity index (χ1) is 12.7. The standard InChI is InChI=1S/C22H36N2O2Si/c1-22(2,3)27(4,5)26-17-10-9-12-18-15-11-16-20(18)23-24-21(25)19-13-7-6-8-14-19/h6-8,13-14,18H,9-12,15-17H2,1-5H3,(H,24,25)/b23-20+. The predicted molar refractivity (Wildman–Crippen MR) is 116 cm³/mol. The van der Waals surface area contributed by atoms with Gasteiger partial charge in [0.05, 0.1) is 0 Å². The number of hydrazone groups is 1. The Kier molecular flexibility index (Phi) is 7.80. The van der Waals surface area contributed by atoms with Crippen LogP contribution in [0, 0.1) is 5.92 Å².